The molecule has 1 aliphatic heterocycles. The van der Waals surface area contributed by atoms with Gasteiger partial charge in [-0.05, 0) is 61.4 Å². The summed E-state index contributed by atoms with van der Waals surface area (Å²) in [5.41, 5.74) is 4.15. The summed E-state index contributed by atoms with van der Waals surface area (Å²) >= 11 is 1.78. The van der Waals surface area contributed by atoms with Crippen LogP contribution in [0.15, 0.2) is 42.4 Å². The fourth-order valence-electron chi connectivity index (χ4n) is 3.90. The van der Waals surface area contributed by atoms with Gasteiger partial charge in [-0.3, -0.25) is 9.88 Å². The number of nitrogens with zero attached hydrogens (tertiary/aromatic N) is 2. The Labute approximate surface area is 156 Å². The molecule has 0 atom stereocenters. The molecule has 1 aliphatic rings. The van der Waals surface area contributed by atoms with Crippen molar-refractivity contribution in [1.29, 1.82) is 0 Å². The van der Waals surface area contributed by atoms with Gasteiger partial charge in [0, 0.05) is 28.6 Å². The highest BCUT2D eigenvalue weighted by atomic mass is 32.1. The smallest absolute Gasteiger partial charge is 0.0710 e. The highest BCUT2D eigenvalue weighted by Gasteiger charge is 2.41. The van der Waals surface area contributed by atoms with Crippen molar-refractivity contribution < 1.29 is 0 Å². The van der Waals surface area contributed by atoms with E-state index in [-0.39, 0.29) is 10.8 Å². The second-order valence-corrected chi connectivity index (χ2v) is 9.50. The van der Waals surface area contributed by atoms with Gasteiger partial charge in [-0.15, -0.1) is 17.9 Å². The third-order valence-electron chi connectivity index (χ3n) is 5.89. The standard InChI is InChI=1S/C22H30N2S/c1-6-22(21(3,4)5)9-11-24(12-10-22)15-18-7-8-20(23-14-18)19-13-17(2)25-16-19/h6-8,13-14,16H,1,9-12,15H2,2-5H3. The summed E-state index contributed by atoms with van der Waals surface area (Å²) in [6, 6.07) is 6.59. The van der Waals surface area contributed by atoms with E-state index in [1.807, 2.05) is 6.20 Å². The number of pyridine rings is 1. The fraction of sp³-hybridized carbons (Fsp3) is 0.500. The van der Waals surface area contributed by atoms with Crippen molar-refractivity contribution in [2.24, 2.45) is 10.8 Å². The van der Waals surface area contributed by atoms with Crippen LogP contribution in [0, 0.1) is 17.8 Å². The number of likely N-dealkylation sites (tertiary alicyclic amines) is 1. The van der Waals surface area contributed by atoms with Crippen molar-refractivity contribution in [3.8, 4) is 11.3 Å². The molecule has 1 fully saturated rings. The molecular weight excluding hydrogens is 324 g/mol. The summed E-state index contributed by atoms with van der Waals surface area (Å²) < 4.78 is 0. The third-order valence-corrected chi connectivity index (χ3v) is 6.75. The summed E-state index contributed by atoms with van der Waals surface area (Å²) in [7, 11) is 0. The Kier molecular flexibility index (Phi) is 5.17. The van der Waals surface area contributed by atoms with E-state index in [2.05, 4.69) is 73.8 Å². The van der Waals surface area contributed by atoms with E-state index in [1.165, 1.54) is 28.8 Å². The molecule has 0 unspecified atom stereocenters. The minimum Gasteiger partial charge on any atom is -0.299 e. The number of thiophene rings is 1. The molecule has 0 aliphatic carbocycles. The summed E-state index contributed by atoms with van der Waals surface area (Å²) in [5.74, 6) is 0. The summed E-state index contributed by atoms with van der Waals surface area (Å²) in [6.45, 7) is 16.6. The predicted octanol–water partition coefficient (Wildman–Crippen LogP) is 5.93. The first-order valence-corrected chi connectivity index (χ1v) is 10.1. The lowest BCUT2D eigenvalue weighted by Crippen LogP contribution is -2.45. The van der Waals surface area contributed by atoms with Crippen LogP contribution < -0.4 is 0 Å². The highest BCUT2D eigenvalue weighted by Crippen LogP contribution is 2.47. The van der Waals surface area contributed by atoms with E-state index >= 15 is 0 Å². The van der Waals surface area contributed by atoms with Gasteiger partial charge in [0.05, 0.1) is 5.69 Å². The normalized spacial score (nSPS) is 18.2. The molecule has 134 valence electrons. The minimum absolute atomic E-state index is 0.266. The number of aryl methyl sites for hydroxylation is 1. The van der Waals surface area contributed by atoms with Crippen LogP contribution in [0.1, 0.15) is 44.1 Å². The van der Waals surface area contributed by atoms with E-state index in [1.54, 1.807) is 11.3 Å². The average Bonchev–Trinajstić information content (AvgIpc) is 3.02. The van der Waals surface area contributed by atoms with Crippen molar-refractivity contribution in [3.63, 3.8) is 0 Å². The number of allylic oxidation sites excluding steroid dienone is 1. The van der Waals surface area contributed by atoms with Crippen LogP contribution in [0.2, 0.25) is 0 Å². The van der Waals surface area contributed by atoms with Crippen LogP contribution >= 0.6 is 11.3 Å². The van der Waals surface area contributed by atoms with E-state index in [4.69, 9.17) is 0 Å². The summed E-state index contributed by atoms with van der Waals surface area (Å²) in [4.78, 5) is 8.56. The first-order chi connectivity index (χ1) is 11.8. The van der Waals surface area contributed by atoms with Crippen molar-refractivity contribution in [1.82, 2.24) is 9.88 Å². The number of hydrogen-bond donors (Lipinski definition) is 0. The third kappa shape index (κ3) is 3.88. The Morgan fingerprint density at radius 2 is 2.00 bits per heavy atom. The van der Waals surface area contributed by atoms with Gasteiger partial charge in [-0.2, -0.15) is 0 Å². The van der Waals surface area contributed by atoms with Gasteiger partial charge >= 0.3 is 0 Å². The number of aromatic nitrogens is 1. The van der Waals surface area contributed by atoms with E-state index in [0.717, 1.165) is 25.3 Å². The van der Waals surface area contributed by atoms with Crippen molar-refractivity contribution >= 4 is 11.3 Å². The quantitative estimate of drug-likeness (QED) is 0.632. The maximum absolute atomic E-state index is 4.68. The molecule has 0 radical (unpaired) electrons. The van der Waals surface area contributed by atoms with E-state index in [9.17, 15) is 0 Å². The lowest BCUT2D eigenvalue weighted by molar-refractivity contribution is 0.0455. The van der Waals surface area contributed by atoms with Gasteiger partial charge in [-0.25, -0.2) is 0 Å². The van der Waals surface area contributed by atoms with Crippen molar-refractivity contribution in [2.45, 2.75) is 47.1 Å². The van der Waals surface area contributed by atoms with Crippen LogP contribution in [0.5, 0.6) is 0 Å². The van der Waals surface area contributed by atoms with Crippen LogP contribution in [0.4, 0.5) is 0 Å². The average molecular weight is 355 g/mol. The number of hydrogen-bond acceptors (Lipinski definition) is 3. The second-order valence-electron chi connectivity index (χ2n) is 8.38. The highest BCUT2D eigenvalue weighted by molar-refractivity contribution is 7.10. The monoisotopic (exact) mass is 354 g/mol. The molecule has 3 heteroatoms. The largest absolute Gasteiger partial charge is 0.299 e. The summed E-state index contributed by atoms with van der Waals surface area (Å²) in [6.07, 6.45) is 6.64. The van der Waals surface area contributed by atoms with Gasteiger partial charge < -0.3 is 0 Å². The topological polar surface area (TPSA) is 16.1 Å². The lowest BCUT2D eigenvalue weighted by atomic mass is 9.61. The molecule has 1 saturated heterocycles. The Hall–Kier alpha value is -1.45. The van der Waals surface area contributed by atoms with Crippen LogP contribution in [-0.2, 0) is 6.54 Å². The lowest BCUT2D eigenvalue weighted by Gasteiger charge is -2.48. The predicted molar refractivity (Wildman–Crippen MR) is 109 cm³/mol. The SMILES string of the molecule is C=CC1(C(C)(C)C)CCN(Cc2ccc(-c3csc(C)c3)nc2)CC1. The zero-order chi connectivity index (χ0) is 18.1. The maximum atomic E-state index is 4.68. The second kappa shape index (κ2) is 7.05. The Balaban J connectivity index is 1.62. The number of rotatable bonds is 4. The number of piperidine rings is 1. The van der Waals surface area contributed by atoms with E-state index in [0.29, 0.717) is 0 Å². The zero-order valence-electron chi connectivity index (χ0n) is 16.0. The molecule has 0 N–H and O–H groups in total. The molecular formula is C22H30N2S. The summed E-state index contributed by atoms with van der Waals surface area (Å²) in [5, 5.41) is 2.18. The molecule has 25 heavy (non-hydrogen) atoms. The van der Waals surface area contributed by atoms with Crippen LogP contribution in [0.25, 0.3) is 11.3 Å². The van der Waals surface area contributed by atoms with Gasteiger partial charge in [0.1, 0.15) is 0 Å². The fourth-order valence-corrected chi connectivity index (χ4v) is 4.59. The van der Waals surface area contributed by atoms with E-state index < -0.39 is 0 Å². The van der Waals surface area contributed by atoms with Gasteiger partial charge in [0.2, 0.25) is 0 Å². The molecule has 0 amide bonds. The Bertz CT molecular complexity index is 713. The van der Waals surface area contributed by atoms with Crippen LogP contribution in [-0.4, -0.2) is 23.0 Å². The molecule has 0 saturated carbocycles. The Morgan fingerprint density at radius 1 is 1.28 bits per heavy atom. The van der Waals surface area contributed by atoms with Crippen LogP contribution in [0.3, 0.4) is 0 Å². The molecule has 0 bridgehead atoms. The molecule has 3 heterocycles. The first kappa shape index (κ1) is 18.3. The molecule has 0 spiro atoms. The molecule has 3 rings (SSSR count). The van der Waals surface area contributed by atoms with Crippen molar-refractivity contribution in [2.75, 3.05) is 13.1 Å². The maximum Gasteiger partial charge on any atom is 0.0710 e. The first-order valence-electron chi connectivity index (χ1n) is 9.19. The molecule has 2 aromatic heterocycles. The van der Waals surface area contributed by atoms with Gasteiger partial charge in [0.15, 0.2) is 0 Å². The Morgan fingerprint density at radius 3 is 2.48 bits per heavy atom. The molecule has 2 aromatic rings. The minimum atomic E-state index is 0.266. The molecule has 2 nitrogen and oxygen atoms in total. The zero-order valence-corrected chi connectivity index (χ0v) is 16.8. The van der Waals surface area contributed by atoms with Gasteiger partial charge in [-0.1, -0.05) is 32.9 Å². The van der Waals surface area contributed by atoms with Gasteiger partial charge in [0.25, 0.3) is 0 Å². The molecule has 0 aromatic carbocycles. The van der Waals surface area contributed by atoms with Crippen molar-refractivity contribution in [3.05, 3.63) is 52.9 Å².